The van der Waals surface area contributed by atoms with Crippen LogP contribution >= 0.6 is 0 Å². The third kappa shape index (κ3) is 43.6. The first-order valence-electron chi connectivity index (χ1n) is 47.6. The molecule has 0 radical (unpaired) electrons. The number of hydrogen-bond acceptors (Lipinski definition) is 43. The minimum Gasteiger partial charge on any atom is -0.394 e. The SMILES string of the molecule is CCNC(=O)CCCCCCC(=O)CN(CC(=O)CCCO[C@@H]1O[C@@H](C)[C@@H](O)[C@@H](O)[C@@H]1O)CC(=O)CCCO[C@@H]1O[C@@H](C)[C@@H](O)[C@@H](O)[C@@H]1O.CCNC(=O)CCCCCNC(=O)CN(CC(=O)NCCCCCC(=O)NCCO[C@@H]1O[C@@H](C)[C@@H](O)[C@@H](O)[C@@H]1O)CC(=O)NCCCCCC(=O)NCCO[C@H]1O[C@H](CO[C@H]2O[C@H](CO)[C@@H](O)[C@H](O)[C@@H]2O)[C@@H](O)C(O[C@H]2O[C@H](CO)[C@@H](O)[C@H](O)[C@@H]2O)[C@@H]1O. The van der Waals surface area contributed by atoms with E-state index < -0.39 is 222 Å². The minimum absolute atomic E-state index is 0.00275. The molecule has 1 unspecified atom stereocenters. The van der Waals surface area contributed by atoms with E-state index in [0.717, 1.165) is 19.3 Å². The van der Waals surface area contributed by atoms with E-state index in [2.05, 4.69) is 37.2 Å². The van der Waals surface area contributed by atoms with Crippen LogP contribution in [0.1, 0.15) is 176 Å². The molecule has 26 N–H and O–H groups in total. The lowest BCUT2D eigenvalue weighted by Crippen LogP contribution is -2.65. The molecule has 7 amide bonds. The van der Waals surface area contributed by atoms with Gasteiger partial charge in [-0.25, -0.2) is 0 Å². The van der Waals surface area contributed by atoms with Crippen LogP contribution < -0.4 is 37.2 Å². The maximum absolute atomic E-state index is 13.1. The number of aliphatic hydroxyl groups is 19. The van der Waals surface area contributed by atoms with Gasteiger partial charge < -0.3 is 191 Å². The molecule has 0 spiro atoms. The first-order chi connectivity index (χ1) is 65.2. The lowest BCUT2D eigenvalue weighted by atomic mass is 9.96. The van der Waals surface area contributed by atoms with Crippen molar-refractivity contribution >= 4 is 58.7 Å². The molecule has 6 aliphatic rings. The van der Waals surface area contributed by atoms with E-state index in [0.29, 0.717) is 96.7 Å². The monoisotopic (exact) mass is 1980 g/mol. The van der Waals surface area contributed by atoms with Crippen molar-refractivity contribution < 1.29 is 202 Å². The average molecular weight is 1980 g/mol. The molecule has 6 saturated heterocycles. The van der Waals surface area contributed by atoms with Crippen LogP contribution in [0.15, 0.2) is 0 Å². The quantitative estimate of drug-likeness (QED) is 0.0251. The Bertz CT molecular complexity index is 3430. The van der Waals surface area contributed by atoms with Gasteiger partial charge in [0.05, 0.1) is 104 Å². The van der Waals surface area contributed by atoms with Gasteiger partial charge in [-0.1, -0.05) is 32.1 Å². The van der Waals surface area contributed by atoms with Gasteiger partial charge in [-0.15, -0.1) is 0 Å². The fraction of sp³-hybridized carbons (Fsp3) is 0.885. The van der Waals surface area contributed by atoms with Crippen molar-refractivity contribution in [2.24, 2.45) is 0 Å². The van der Waals surface area contributed by atoms with Crippen LogP contribution in [-0.2, 0) is 105 Å². The molecule has 30 atom stereocenters. The third-order valence-electron chi connectivity index (χ3n) is 23.5. The summed E-state index contributed by atoms with van der Waals surface area (Å²) < 4.78 is 66.0. The Morgan fingerprint density at radius 3 is 0.891 bits per heavy atom. The highest BCUT2D eigenvalue weighted by Gasteiger charge is 2.53. The average Bonchev–Trinajstić information content (AvgIpc) is 0.781. The van der Waals surface area contributed by atoms with Crippen LogP contribution in [0.25, 0.3) is 0 Å². The Labute approximate surface area is 796 Å². The van der Waals surface area contributed by atoms with Gasteiger partial charge >= 0.3 is 0 Å². The van der Waals surface area contributed by atoms with E-state index in [9.17, 15) is 145 Å². The number of hydrogen-bond donors (Lipinski definition) is 26. The molecule has 0 aromatic carbocycles. The van der Waals surface area contributed by atoms with E-state index in [-0.39, 0.29) is 178 Å². The molecule has 50 heteroatoms. The highest BCUT2D eigenvalue weighted by Crippen LogP contribution is 2.33. The maximum Gasteiger partial charge on any atom is 0.234 e. The summed E-state index contributed by atoms with van der Waals surface area (Å²) in [5, 5.41) is 213. The Hall–Kier alpha value is -6.02. The summed E-state index contributed by atoms with van der Waals surface area (Å²) in [6.07, 6.45) is -34.2. The van der Waals surface area contributed by atoms with Crippen molar-refractivity contribution in [2.45, 2.75) is 360 Å². The predicted molar refractivity (Wildman–Crippen MR) is 472 cm³/mol. The molecule has 0 saturated carbocycles. The summed E-state index contributed by atoms with van der Waals surface area (Å²) in [5.74, 6) is -2.56. The second-order valence-corrected chi connectivity index (χ2v) is 35.0. The van der Waals surface area contributed by atoms with Gasteiger partial charge in [-0.3, -0.25) is 57.7 Å². The van der Waals surface area contributed by atoms with Crippen LogP contribution in [0.3, 0.4) is 0 Å². The fourth-order valence-electron chi connectivity index (χ4n) is 15.4. The van der Waals surface area contributed by atoms with Crippen molar-refractivity contribution in [3.05, 3.63) is 0 Å². The van der Waals surface area contributed by atoms with E-state index in [1.807, 2.05) is 13.8 Å². The van der Waals surface area contributed by atoms with Crippen molar-refractivity contribution in [1.29, 1.82) is 0 Å². The second kappa shape index (κ2) is 66.0. The van der Waals surface area contributed by atoms with Gasteiger partial charge in [0.2, 0.25) is 41.4 Å². The van der Waals surface area contributed by atoms with Gasteiger partial charge in [0, 0.05) is 90.8 Å². The maximum atomic E-state index is 13.1. The number of aliphatic hydroxyl groups excluding tert-OH is 19. The molecule has 6 fully saturated rings. The molecule has 137 heavy (non-hydrogen) atoms. The van der Waals surface area contributed by atoms with E-state index in [4.69, 9.17) is 56.8 Å². The van der Waals surface area contributed by atoms with Crippen LogP contribution in [0.2, 0.25) is 0 Å². The number of Topliss-reactive ketones (excluding diaryl/α,β-unsaturated/α-hetero) is 3. The minimum atomic E-state index is -1.94. The summed E-state index contributed by atoms with van der Waals surface area (Å²) in [7, 11) is 0. The first kappa shape index (κ1) is 121. The van der Waals surface area contributed by atoms with Crippen LogP contribution in [0.4, 0.5) is 0 Å². The first-order valence-corrected chi connectivity index (χ1v) is 47.6. The fourth-order valence-corrected chi connectivity index (χ4v) is 15.4. The largest absolute Gasteiger partial charge is 0.394 e. The number of rotatable bonds is 64. The summed E-state index contributed by atoms with van der Waals surface area (Å²) in [4.78, 5) is 129. The number of nitrogens with one attached hydrogen (secondary N) is 7. The summed E-state index contributed by atoms with van der Waals surface area (Å²) in [6, 6.07) is 0. The van der Waals surface area contributed by atoms with Gasteiger partial charge in [-0.2, -0.15) is 0 Å². The van der Waals surface area contributed by atoms with Crippen molar-refractivity contribution in [3.8, 4) is 0 Å². The van der Waals surface area contributed by atoms with Gasteiger partial charge in [0.25, 0.3) is 0 Å². The van der Waals surface area contributed by atoms with Gasteiger partial charge in [0.1, 0.15) is 146 Å². The number of amides is 7. The molecule has 6 rings (SSSR count). The predicted octanol–water partition coefficient (Wildman–Crippen LogP) is -10.3. The molecule has 0 aromatic heterocycles. The van der Waals surface area contributed by atoms with Crippen molar-refractivity contribution in [2.75, 3.05) is 131 Å². The van der Waals surface area contributed by atoms with E-state index in [1.165, 1.54) is 30.6 Å². The summed E-state index contributed by atoms with van der Waals surface area (Å²) in [5.41, 5.74) is 0. The van der Waals surface area contributed by atoms with Crippen LogP contribution in [0, 0.1) is 0 Å². The number of ketones is 3. The standard InChI is InChI=1S/C54H97N7O27.C33H58N2O14/c1-3-55-33(64)13-7-4-10-16-56-36(67)23-61(24-37(68)57-17-11-5-8-14-34(65)59-19-21-81-51-46(77)43(74)39(70)29(2)84-51)25-38(69)58-18-12-6-9-15-35(66)60-20-22-82-53-49(80)50(88-54-48(79)45(76)41(72)31(27-63)86-54)42(73)32(87-53)28-83-52-47(78)44(75)40(71)30(26-62)85-52;1-4-34-25(39)14-8-6-5-7-11-22(36)17-35(18-23(37)12-9-15-46-32-30(44)28(42)26(40)20(2)48-32)19-24(38)13-10-16-47-33-31(45)29(43)27(41)21(3)49-33/h29-32,39-54,62-63,70-80H,3-28H2,1-2H3,(H,55,64)(H,56,67)(H,57,68)(H,58,69)(H,59,65)(H,60,66);20-21,26-33,40-45H,4-19H2,1-3H3,(H,34,39)/t29-,30+,31+,32+,39+,40+,41+,42+,43+,44-,45-,46-,47-,48-,49-,50?,51+,52-,53-,54+;20-,21-,26+,27+,28+,29+,30-,31-,32+,33+/m00/s1. The third-order valence-corrected chi connectivity index (χ3v) is 23.5. The molecule has 50 nitrogen and oxygen atoms in total. The summed E-state index contributed by atoms with van der Waals surface area (Å²) >= 11 is 0. The number of carbonyl (C=O) groups is 10. The zero-order chi connectivity index (χ0) is 101. The smallest absolute Gasteiger partial charge is 0.234 e. The highest BCUT2D eigenvalue weighted by molar-refractivity contribution is 5.87. The lowest BCUT2D eigenvalue weighted by molar-refractivity contribution is -0.366. The lowest BCUT2D eigenvalue weighted by Gasteiger charge is -2.46. The van der Waals surface area contributed by atoms with Crippen LogP contribution in [0.5, 0.6) is 0 Å². The number of ether oxygens (including phenoxy) is 12. The number of unbranched alkanes of at least 4 members (excludes halogenated alkanes) is 9. The Morgan fingerprint density at radius 2 is 0.533 bits per heavy atom. The summed E-state index contributed by atoms with van der Waals surface area (Å²) in [6.45, 7) is 6.48. The van der Waals surface area contributed by atoms with E-state index in [1.54, 1.807) is 0 Å². The van der Waals surface area contributed by atoms with Crippen molar-refractivity contribution in [3.63, 3.8) is 0 Å². The molecular weight excluding hydrogens is 1830 g/mol. The molecular formula is C87H155N9O41. The molecule has 0 bridgehead atoms. The molecule has 0 aromatic rings. The highest BCUT2D eigenvalue weighted by atomic mass is 16.8. The number of carbonyl (C=O) groups excluding carboxylic acids is 10. The molecule has 0 aliphatic carbocycles. The molecule has 6 aliphatic heterocycles. The zero-order valence-corrected chi connectivity index (χ0v) is 78.9. The Kier molecular flexibility index (Phi) is 58.5. The van der Waals surface area contributed by atoms with Gasteiger partial charge in [0.15, 0.2) is 37.7 Å². The molecule has 6 heterocycles. The Balaban J connectivity index is 0.000000570. The topological polar surface area (TPSA) is 757 Å². The molecule has 794 valence electrons. The number of nitrogens with zero attached hydrogens (tertiary/aromatic N) is 2. The van der Waals surface area contributed by atoms with Crippen LogP contribution in [-0.4, -0.2) is 481 Å². The second-order valence-electron chi connectivity index (χ2n) is 35.0. The Morgan fingerprint density at radius 1 is 0.255 bits per heavy atom. The zero-order valence-electron chi connectivity index (χ0n) is 78.9. The normalized spacial score (nSPS) is 31.7. The van der Waals surface area contributed by atoms with E-state index >= 15 is 0 Å². The van der Waals surface area contributed by atoms with Gasteiger partial charge in [-0.05, 0) is 98.8 Å². The van der Waals surface area contributed by atoms with Crippen molar-refractivity contribution in [1.82, 2.24) is 47.0 Å².